The summed E-state index contributed by atoms with van der Waals surface area (Å²) in [5, 5.41) is 3.58. The average molecular weight is 218 g/mol. The molecule has 3 rings (SSSR count). The molecule has 2 heterocycles. The Kier molecular flexibility index (Phi) is 1.96. The zero-order valence-corrected chi connectivity index (χ0v) is 10.1. The normalized spacial score (nSPS) is 31.4. The lowest BCUT2D eigenvalue weighted by Gasteiger charge is -2.27. The summed E-state index contributed by atoms with van der Waals surface area (Å²) in [6.07, 6.45) is 1.64. The van der Waals surface area contributed by atoms with Crippen LogP contribution in [0, 0.1) is 0 Å². The van der Waals surface area contributed by atoms with E-state index < -0.39 is 0 Å². The van der Waals surface area contributed by atoms with Crippen molar-refractivity contribution >= 4 is 5.69 Å². The number of nitrogens with zero attached hydrogens (tertiary/aromatic N) is 1. The molecule has 3 heteroatoms. The molecule has 16 heavy (non-hydrogen) atoms. The standard InChI is InChI=1S/C13H18N2O/c1-13-6-7-14-12(13)15(2)11-5-4-9(16-3)8-10(11)13/h4-5,8,12,14H,6-7H2,1-3H3. The maximum Gasteiger partial charge on any atom is 0.119 e. The van der Waals surface area contributed by atoms with Crippen molar-refractivity contribution in [3.8, 4) is 5.75 Å². The molecule has 0 aliphatic carbocycles. The summed E-state index contributed by atoms with van der Waals surface area (Å²) >= 11 is 0. The van der Waals surface area contributed by atoms with Crippen LogP contribution < -0.4 is 15.0 Å². The Morgan fingerprint density at radius 2 is 2.31 bits per heavy atom. The summed E-state index contributed by atoms with van der Waals surface area (Å²) < 4.78 is 5.33. The Labute approximate surface area is 96.4 Å². The smallest absolute Gasteiger partial charge is 0.119 e. The minimum absolute atomic E-state index is 0.235. The highest BCUT2D eigenvalue weighted by Gasteiger charge is 2.49. The summed E-state index contributed by atoms with van der Waals surface area (Å²) in [5.41, 5.74) is 2.99. The highest BCUT2D eigenvalue weighted by molar-refractivity contribution is 5.66. The fourth-order valence-electron chi connectivity index (χ4n) is 3.22. The largest absolute Gasteiger partial charge is 0.497 e. The lowest BCUT2D eigenvalue weighted by Crippen LogP contribution is -2.44. The summed E-state index contributed by atoms with van der Waals surface area (Å²) in [6, 6.07) is 6.40. The fourth-order valence-corrected chi connectivity index (χ4v) is 3.22. The van der Waals surface area contributed by atoms with Gasteiger partial charge in [-0.15, -0.1) is 0 Å². The maximum absolute atomic E-state index is 5.33. The van der Waals surface area contributed by atoms with Gasteiger partial charge in [0.1, 0.15) is 5.75 Å². The molecule has 0 bridgehead atoms. The van der Waals surface area contributed by atoms with E-state index in [0.29, 0.717) is 6.17 Å². The zero-order valence-electron chi connectivity index (χ0n) is 10.1. The van der Waals surface area contributed by atoms with Crippen LogP contribution in [0.2, 0.25) is 0 Å². The molecule has 0 spiro atoms. The molecule has 86 valence electrons. The van der Waals surface area contributed by atoms with Crippen LogP contribution in [-0.2, 0) is 5.41 Å². The van der Waals surface area contributed by atoms with E-state index in [1.165, 1.54) is 17.7 Å². The Morgan fingerprint density at radius 3 is 3.06 bits per heavy atom. The third-order valence-electron chi connectivity index (χ3n) is 4.17. The van der Waals surface area contributed by atoms with Crippen LogP contribution in [-0.4, -0.2) is 26.9 Å². The third kappa shape index (κ3) is 1.07. The first-order valence-corrected chi connectivity index (χ1v) is 5.81. The van der Waals surface area contributed by atoms with Gasteiger partial charge in [-0.2, -0.15) is 0 Å². The van der Waals surface area contributed by atoms with Gasteiger partial charge in [-0.05, 0) is 36.7 Å². The highest BCUT2D eigenvalue weighted by Crippen LogP contribution is 2.48. The van der Waals surface area contributed by atoms with Crippen molar-refractivity contribution in [3.63, 3.8) is 0 Å². The molecule has 1 aromatic carbocycles. The van der Waals surface area contributed by atoms with E-state index >= 15 is 0 Å². The number of methoxy groups -OCH3 is 1. The first-order valence-electron chi connectivity index (χ1n) is 5.81. The molecule has 0 saturated carbocycles. The number of hydrogen-bond acceptors (Lipinski definition) is 3. The number of benzene rings is 1. The number of rotatable bonds is 1. The van der Waals surface area contributed by atoms with Crippen LogP contribution in [0.15, 0.2) is 18.2 Å². The van der Waals surface area contributed by atoms with Crippen molar-refractivity contribution in [3.05, 3.63) is 23.8 Å². The minimum Gasteiger partial charge on any atom is -0.497 e. The lowest BCUT2D eigenvalue weighted by atomic mass is 9.81. The summed E-state index contributed by atoms with van der Waals surface area (Å²) in [4.78, 5) is 2.35. The van der Waals surface area contributed by atoms with E-state index in [9.17, 15) is 0 Å². The van der Waals surface area contributed by atoms with Crippen molar-refractivity contribution in [1.29, 1.82) is 0 Å². The van der Waals surface area contributed by atoms with E-state index in [4.69, 9.17) is 4.74 Å². The van der Waals surface area contributed by atoms with Gasteiger partial charge in [0.2, 0.25) is 0 Å². The number of likely N-dealkylation sites (N-methyl/N-ethyl adjacent to an activating group) is 1. The monoisotopic (exact) mass is 218 g/mol. The number of ether oxygens (including phenoxy) is 1. The van der Waals surface area contributed by atoms with E-state index in [2.05, 4.69) is 36.3 Å². The van der Waals surface area contributed by atoms with E-state index in [0.717, 1.165) is 12.3 Å². The predicted molar refractivity (Wildman–Crippen MR) is 65.2 cm³/mol. The van der Waals surface area contributed by atoms with E-state index in [1.54, 1.807) is 7.11 Å². The molecular formula is C13H18N2O. The van der Waals surface area contributed by atoms with Crippen LogP contribution in [0.4, 0.5) is 5.69 Å². The van der Waals surface area contributed by atoms with Crippen LogP contribution in [0.25, 0.3) is 0 Å². The Morgan fingerprint density at radius 1 is 1.50 bits per heavy atom. The molecule has 2 aliphatic heterocycles. The predicted octanol–water partition coefficient (Wildman–Crippen LogP) is 1.72. The molecule has 1 saturated heterocycles. The highest BCUT2D eigenvalue weighted by atomic mass is 16.5. The second-order valence-corrected chi connectivity index (χ2v) is 5.02. The molecule has 0 aromatic heterocycles. The van der Waals surface area contributed by atoms with Gasteiger partial charge in [0.15, 0.2) is 0 Å². The molecular weight excluding hydrogens is 200 g/mol. The van der Waals surface area contributed by atoms with Crippen LogP contribution in [0.3, 0.4) is 0 Å². The Bertz CT molecular complexity index is 432. The van der Waals surface area contributed by atoms with Gasteiger partial charge in [0.25, 0.3) is 0 Å². The van der Waals surface area contributed by atoms with Crippen molar-refractivity contribution in [2.24, 2.45) is 0 Å². The molecule has 1 aromatic rings. The summed E-state index contributed by atoms with van der Waals surface area (Å²) in [7, 11) is 3.90. The molecule has 2 atom stereocenters. The van der Waals surface area contributed by atoms with Gasteiger partial charge < -0.3 is 9.64 Å². The van der Waals surface area contributed by atoms with Gasteiger partial charge in [0.05, 0.1) is 13.3 Å². The first-order chi connectivity index (χ1) is 7.66. The average Bonchev–Trinajstić information content (AvgIpc) is 2.78. The van der Waals surface area contributed by atoms with Crippen molar-refractivity contribution < 1.29 is 4.74 Å². The SMILES string of the molecule is COc1ccc2c(c1)C1(C)CCNC1N2C. The first kappa shape index (κ1) is 9.97. The van der Waals surface area contributed by atoms with Gasteiger partial charge in [-0.1, -0.05) is 6.92 Å². The van der Waals surface area contributed by atoms with Crippen LogP contribution >= 0.6 is 0 Å². The van der Waals surface area contributed by atoms with Crippen molar-refractivity contribution in [2.45, 2.75) is 24.9 Å². The second kappa shape index (κ2) is 3.14. The number of fused-ring (bicyclic) bond motifs is 3. The van der Waals surface area contributed by atoms with Gasteiger partial charge in [0, 0.05) is 18.2 Å². The topological polar surface area (TPSA) is 24.5 Å². The summed E-state index contributed by atoms with van der Waals surface area (Å²) in [5.74, 6) is 0.959. The van der Waals surface area contributed by atoms with Gasteiger partial charge in [-0.25, -0.2) is 0 Å². The minimum atomic E-state index is 0.235. The Balaban J connectivity index is 2.16. The van der Waals surface area contributed by atoms with E-state index in [-0.39, 0.29) is 5.41 Å². The number of anilines is 1. The molecule has 3 nitrogen and oxygen atoms in total. The van der Waals surface area contributed by atoms with Crippen molar-refractivity contribution in [1.82, 2.24) is 5.32 Å². The molecule has 0 radical (unpaired) electrons. The molecule has 1 fully saturated rings. The fraction of sp³-hybridized carbons (Fsp3) is 0.538. The van der Waals surface area contributed by atoms with Crippen LogP contribution in [0.1, 0.15) is 18.9 Å². The number of hydrogen-bond donors (Lipinski definition) is 1. The molecule has 2 aliphatic rings. The Hall–Kier alpha value is -1.22. The maximum atomic E-state index is 5.33. The number of nitrogens with one attached hydrogen (secondary N) is 1. The molecule has 2 unspecified atom stereocenters. The van der Waals surface area contributed by atoms with E-state index in [1.807, 2.05) is 6.07 Å². The summed E-state index contributed by atoms with van der Waals surface area (Å²) in [6.45, 7) is 3.45. The zero-order chi connectivity index (χ0) is 11.3. The lowest BCUT2D eigenvalue weighted by molar-refractivity contribution is 0.407. The molecule has 1 N–H and O–H groups in total. The quantitative estimate of drug-likeness (QED) is 0.777. The molecule has 0 amide bonds. The van der Waals surface area contributed by atoms with Crippen LogP contribution in [0.5, 0.6) is 5.75 Å². The van der Waals surface area contributed by atoms with Gasteiger partial charge in [-0.3, -0.25) is 5.32 Å². The second-order valence-electron chi connectivity index (χ2n) is 5.02. The third-order valence-corrected chi connectivity index (χ3v) is 4.17. The van der Waals surface area contributed by atoms with Crippen molar-refractivity contribution in [2.75, 3.05) is 25.6 Å². The van der Waals surface area contributed by atoms with Gasteiger partial charge >= 0.3 is 0 Å².